The first kappa shape index (κ1) is 17.0. The fraction of sp³-hybridized carbons (Fsp3) is 0.333. The van der Waals surface area contributed by atoms with E-state index < -0.39 is 0 Å². The van der Waals surface area contributed by atoms with E-state index in [0.717, 1.165) is 30.0 Å². The lowest BCUT2D eigenvalue weighted by Crippen LogP contribution is -2.22. The molecule has 0 amide bonds. The van der Waals surface area contributed by atoms with Gasteiger partial charge in [0.05, 0.1) is 26.9 Å². The summed E-state index contributed by atoms with van der Waals surface area (Å²) in [6.45, 7) is 1.78. The Bertz CT molecular complexity index is 730. The summed E-state index contributed by atoms with van der Waals surface area (Å²) in [6, 6.07) is 11.3. The molecule has 1 aromatic carbocycles. The van der Waals surface area contributed by atoms with Gasteiger partial charge >= 0.3 is 0 Å². The number of pyridine rings is 1. The molecule has 3 rings (SSSR count). The van der Waals surface area contributed by atoms with Crippen LogP contribution in [0, 0.1) is 0 Å². The molecule has 1 fully saturated rings. The highest BCUT2D eigenvalue weighted by atomic mass is 16.5. The third-order valence-corrected chi connectivity index (χ3v) is 3.75. The number of methoxy groups -OCH3 is 1. The van der Waals surface area contributed by atoms with Crippen molar-refractivity contribution in [2.24, 2.45) is 10.7 Å². The van der Waals surface area contributed by atoms with Gasteiger partial charge in [0.2, 0.25) is 5.88 Å². The summed E-state index contributed by atoms with van der Waals surface area (Å²) in [5.74, 6) is 1.67. The standard InChI is InChI=1S/C18H22N4O3/c1-23-15-4-2-3-14(10-15)22-18(19)21-11-13-5-7-20-17(9-13)25-16-6-8-24-12-16/h2-5,7,9-10,16H,6,8,11-12H2,1H3,(H3,19,21,22). The smallest absolute Gasteiger partial charge is 0.213 e. The van der Waals surface area contributed by atoms with Crippen LogP contribution in [0.4, 0.5) is 5.69 Å². The summed E-state index contributed by atoms with van der Waals surface area (Å²) in [5, 5.41) is 3.04. The number of rotatable bonds is 6. The van der Waals surface area contributed by atoms with Gasteiger partial charge in [-0.25, -0.2) is 9.98 Å². The predicted molar refractivity (Wildman–Crippen MR) is 96.0 cm³/mol. The van der Waals surface area contributed by atoms with Crippen LogP contribution >= 0.6 is 0 Å². The van der Waals surface area contributed by atoms with Crippen LogP contribution in [0.15, 0.2) is 47.6 Å². The zero-order valence-electron chi connectivity index (χ0n) is 14.1. The summed E-state index contributed by atoms with van der Waals surface area (Å²) in [4.78, 5) is 8.58. The first-order valence-corrected chi connectivity index (χ1v) is 8.13. The number of anilines is 1. The summed E-state index contributed by atoms with van der Waals surface area (Å²) in [5.41, 5.74) is 7.74. The molecule has 0 bridgehead atoms. The minimum atomic E-state index is 0.0750. The van der Waals surface area contributed by atoms with Crippen LogP contribution in [0.5, 0.6) is 11.6 Å². The van der Waals surface area contributed by atoms with E-state index in [1.165, 1.54) is 0 Å². The Balaban J connectivity index is 1.58. The van der Waals surface area contributed by atoms with Crippen molar-refractivity contribution < 1.29 is 14.2 Å². The lowest BCUT2D eigenvalue weighted by atomic mass is 10.2. The number of guanidine groups is 1. The Morgan fingerprint density at radius 3 is 3.12 bits per heavy atom. The molecule has 25 heavy (non-hydrogen) atoms. The highest BCUT2D eigenvalue weighted by Gasteiger charge is 2.17. The zero-order valence-corrected chi connectivity index (χ0v) is 14.1. The van der Waals surface area contributed by atoms with E-state index in [-0.39, 0.29) is 6.10 Å². The average molecular weight is 342 g/mol. The first-order valence-electron chi connectivity index (χ1n) is 8.13. The zero-order chi connectivity index (χ0) is 17.5. The van der Waals surface area contributed by atoms with Crippen LogP contribution in [-0.4, -0.2) is 37.4 Å². The summed E-state index contributed by atoms with van der Waals surface area (Å²) >= 11 is 0. The van der Waals surface area contributed by atoms with Crippen molar-refractivity contribution in [3.05, 3.63) is 48.2 Å². The van der Waals surface area contributed by atoms with Crippen molar-refractivity contribution in [1.82, 2.24) is 4.98 Å². The molecule has 0 spiro atoms. The number of nitrogens with zero attached hydrogens (tertiary/aromatic N) is 2. The van der Waals surface area contributed by atoms with Gasteiger partial charge in [0.1, 0.15) is 11.9 Å². The van der Waals surface area contributed by atoms with E-state index in [4.69, 9.17) is 19.9 Å². The monoisotopic (exact) mass is 342 g/mol. The summed E-state index contributed by atoms with van der Waals surface area (Å²) < 4.78 is 16.3. The molecule has 0 aliphatic carbocycles. The molecule has 7 nitrogen and oxygen atoms in total. The fourth-order valence-corrected chi connectivity index (χ4v) is 2.45. The minimum Gasteiger partial charge on any atom is -0.497 e. The van der Waals surface area contributed by atoms with Gasteiger partial charge in [-0.1, -0.05) is 6.07 Å². The summed E-state index contributed by atoms with van der Waals surface area (Å²) in [7, 11) is 1.62. The van der Waals surface area contributed by atoms with Crippen LogP contribution in [-0.2, 0) is 11.3 Å². The molecular formula is C18H22N4O3. The third-order valence-electron chi connectivity index (χ3n) is 3.75. The molecule has 0 radical (unpaired) electrons. The van der Waals surface area contributed by atoms with E-state index in [1.807, 2.05) is 36.4 Å². The number of ether oxygens (including phenoxy) is 3. The molecular weight excluding hydrogens is 320 g/mol. The van der Waals surface area contributed by atoms with Gasteiger partial charge in [-0.15, -0.1) is 0 Å². The van der Waals surface area contributed by atoms with Crippen molar-refractivity contribution in [3.63, 3.8) is 0 Å². The molecule has 1 saturated heterocycles. The quantitative estimate of drug-likeness (QED) is 0.618. The SMILES string of the molecule is COc1cccc(NC(N)=NCc2ccnc(OC3CCOC3)c2)c1. The molecule has 2 heterocycles. The van der Waals surface area contributed by atoms with Crippen molar-refractivity contribution in [3.8, 4) is 11.6 Å². The topological polar surface area (TPSA) is 91.0 Å². The van der Waals surface area contributed by atoms with Gasteiger partial charge in [-0.3, -0.25) is 0 Å². The Morgan fingerprint density at radius 2 is 2.32 bits per heavy atom. The Kier molecular flexibility index (Phi) is 5.69. The van der Waals surface area contributed by atoms with Gasteiger partial charge in [0.15, 0.2) is 5.96 Å². The number of nitrogens with one attached hydrogen (secondary N) is 1. The van der Waals surface area contributed by atoms with Crippen molar-refractivity contribution in [2.75, 3.05) is 25.6 Å². The fourth-order valence-electron chi connectivity index (χ4n) is 2.45. The van der Waals surface area contributed by atoms with Crippen LogP contribution in [0.1, 0.15) is 12.0 Å². The van der Waals surface area contributed by atoms with Crippen molar-refractivity contribution in [1.29, 1.82) is 0 Å². The molecule has 1 atom stereocenters. The number of nitrogens with two attached hydrogens (primary N) is 1. The van der Waals surface area contributed by atoms with Gasteiger partial charge in [0, 0.05) is 30.4 Å². The molecule has 2 aromatic rings. The molecule has 1 unspecified atom stereocenters. The molecule has 132 valence electrons. The van der Waals surface area contributed by atoms with E-state index in [1.54, 1.807) is 13.3 Å². The van der Waals surface area contributed by atoms with Crippen molar-refractivity contribution in [2.45, 2.75) is 19.1 Å². The molecule has 1 aliphatic heterocycles. The van der Waals surface area contributed by atoms with E-state index >= 15 is 0 Å². The van der Waals surface area contributed by atoms with Crippen LogP contribution in [0.3, 0.4) is 0 Å². The number of hydrogen-bond donors (Lipinski definition) is 2. The van der Waals surface area contributed by atoms with Crippen LogP contribution < -0.4 is 20.5 Å². The maximum Gasteiger partial charge on any atom is 0.213 e. The lowest BCUT2D eigenvalue weighted by molar-refractivity contribution is 0.138. The van der Waals surface area contributed by atoms with E-state index in [9.17, 15) is 0 Å². The Labute approximate surface area is 146 Å². The molecule has 0 saturated carbocycles. The van der Waals surface area contributed by atoms with E-state index in [0.29, 0.717) is 25.0 Å². The highest BCUT2D eigenvalue weighted by Crippen LogP contribution is 2.17. The molecule has 1 aliphatic rings. The maximum absolute atomic E-state index is 5.95. The third kappa shape index (κ3) is 5.09. The Morgan fingerprint density at radius 1 is 1.40 bits per heavy atom. The number of aliphatic imine (C=N–C) groups is 1. The number of benzene rings is 1. The van der Waals surface area contributed by atoms with Crippen LogP contribution in [0.2, 0.25) is 0 Å². The number of aromatic nitrogens is 1. The normalized spacial score (nSPS) is 17.3. The average Bonchev–Trinajstić information content (AvgIpc) is 3.13. The van der Waals surface area contributed by atoms with Crippen LogP contribution in [0.25, 0.3) is 0 Å². The second-order valence-corrected chi connectivity index (χ2v) is 5.66. The first-order chi connectivity index (χ1) is 12.2. The Hall–Kier alpha value is -2.80. The summed E-state index contributed by atoms with van der Waals surface area (Å²) in [6.07, 6.45) is 2.68. The predicted octanol–water partition coefficient (Wildman–Crippen LogP) is 2.18. The second kappa shape index (κ2) is 8.34. The van der Waals surface area contributed by atoms with Gasteiger partial charge in [-0.05, 0) is 23.8 Å². The second-order valence-electron chi connectivity index (χ2n) is 5.66. The highest BCUT2D eigenvalue weighted by molar-refractivity contribution is 5.92. The number of hydrogen-bond acceptors (Lipinski definition) is 5. The molecule has 7 heteroatoms. The van der Waals surface area contributed by atoms with Gasteiger partial charge in [0.25, 0.3) is 0 Å². The lowest BCUT2D eigenvalue weighted by Gasteiger charge is -2.11. The van der Waals surface area contributed by atoms with Gasteiger partial charge in [-0.2, -0.15) is 0 Å². The van der Waals surface area contributed by atoms with Gasteiger partial charge < -0.3 is 25.3 Å². The molecule has 1 aromatic heterocycles. The van der Waals surface area contributed by atoms with E-state index in [2.05, 4.69) is 15.3 Å². The minimum absolute atomic E-state index is 0.0750. The largest absolute Gasteiger partial charge is 0.497 e. The molecule has 3 N–H and O–H groups in total. The van der Waals surface area contributed by atoms with Crippen molar-refractivity contribution >= 4 is 11.6 Å². The maximum atomic E-state index is 5.95.